The average Bonchev–Trinajstić information content (AvgIpc) is 0. The Balaban J connectivity index is 0. The first-order valence-electron chi connectivity index (χ1n) is 0. The van der Waals surface area contributed by atoms with Gasteiger partial charge in [0.25, 0.3) is 0 Å². The molecule has 0 aromatic heterocycles. The zero-order chi connectivity index (χ0) is 0. The molecule has 0 aromatic carbocycles. The number of hydrogen-bond acceptors (Lipinski definition) is 0. The first-order valence-corrected chi connectivity index (χ1v) is 0. The average molecular weight is 427 g/mol. The van der Waals surface area contributed by atoms with E-state index in [9.17, 15) is 0 Å². The van der Waals surface area contributed by atoms with Crippen LogP contribution in [0, 0.1) is 0 Å². The molecule has 2 atom stereocenters. The molecular weight excluding hydrogens is 412 g/mol. The molecule has 0 rings (SSSR count). The molecule has 0 aliphatic carbocycles. The molecule has 0 saturated carbocycles. The Hall–Kier alpha value is 3.31. The van der Waals surface area contributed by atoms with Crippen LogP contribution in [-0.2, 0) is 0 Å². The molecule has 36 valence electrons. The third kappa shape index (κ3) is 18.8. The van der Waals surface area contributed by atoms with Crippen molar-refractivity contribution in [3.05, 3.63) is 0 Å². The number of hydrogen-bond donors (Lipinski definition) is 0. The summed E-state index contributed by atoms with van der Waals surface area (Å²) in [5.41, 5.74) is 0. The minimum absolute atomic E-state index is 0. The molecule has 5 heavy (non-hydrogen) atoms. The molecule has 0 heterocycles. The van der Waals surface area contributed by atoms with Gasteiger partial charge in [0.2, 0.25) is 0 Å². The van der Waals surface area contributed by atoms with Gasteiger partial charge in [-0.2, -0.15) is 9.90 Å². The summed E-state index contributed by atoms with van der Waals surface area (Å²) < 4.78 is 0. The SMILES string of the molecule is P.[AsH3].[GaH3].[InH3].[SbH3]. The second kappa shape index (κ2) is 26.6. The van der Waals surface area contributed by atoms with Gasteiger partial charge in [0.05, 0.1) is 0 Å². The van der Waals surface area contributed by atoms with E-state index in [1.807, 2.05) is 0 Å². The molecule has 0 aliphatic heterocycles. The van der Waals surface area contributed by atoms with Gasteiger partial charge >= 0.3 is 88.0 Å². The first kappa shape index (κ1) is 40.5. The molecule has 0 fully saturated rings. The van der Waals surface area contributed by atoms with Gasteiger partial charge in [0, 0.05) is 0 Å². The molecular formula is H15AsGaInPSb. The fourth-order valence-corrected chi connectivity index (χ4v) is 0. The monoisotopic (exact) mass is 426 g/mol. The third-order valence-corrected chi connectivity index (χ3v) is 0. The normalized spacial score (nSPS) is 0. The second-order valence-electron chi connectivity index (χ2n) is 0. The van der Waals surface area contributed by atoms with Crippen LogP contribution in [0.1, 0.15) is 0 Å². The molecule has 5 heteroatoms. The van der Waals surface area contributed by atoms with Crippen molar-refractivity contribution in [1.29, 1.82) is 0 Å². The van der Waals surface area contributed by atoms with Gasteiger partial charge < -0.3 is 0 Å². The van der Waals surface area contributed by atoms with Gasteiger partial charge in [0.1, 0.15) is 0 Å². The molecule has 0 spiro atoms. The van der Waals surface area contributed by atoms with Crippen molar-refractivity contribution in [3.8, 4) is 0 Å². The maximum atomic E-state index is 0. The Morgan fingerprint density at radius 1 is 1.00 bits per heavy atom. The van der Waals surface area contributed by atoms with E-state index in [-0.39, 0.29) is 97.9 Å². The zero-order valence-electron chi connectivity index (χ0n) is 2.12. The van der Waals surface area contributed by atoms with E-state index < -0.39 is 0 Å². The van der Waals surface area contributed by atoms with Crippen LogP contribution in [-0.4, -0.2) is 88.0 Å². The standard InChI is InChI=1S/AsH3.Ga.In.H3P.Sb.9H/h1H3;;;1H3;;;;;;;;;;. The Morgan fingerprint density at radius 3 is 1.00 bits per heavy atom. The minimum atomic E-state index is 0. The van der Waals surface area contributed by atoms with E-state index in [4.69, 9.17) is 0 Å². The molecule has 0 amide bonds. The summed E-state index contributed by atoms with van der Waals surface area (Å²) in [5.74, 6) is 0. The quantitative estimate of drug-likeness (QED) is 0.270. The molecule has 0 radical (unpaired) electrons. The van der Waals surface area contributed by atoms with Crippen molar-refractivity contribution < 1.29 is 0 Å². The summed E-state index contributed by atoms with van der Waals surface area (Å²) in [6.45, 7) is 0. The van der Waals surface area contributed by atoms with Crippen LogP contribution < -0.4 is 0 Å². The van der Waals surface area contributed by atoms with Crippen LogP contribution in [0.3, 0.4) is 0 Å². The third-order valence-electron chi connectivity index (χ3n) is 0. The summed E-state index contributed by atoms with van der Waals surface area (Å²) in [5, 5.41) is 0. The van der Waals surface area contributed by atoms with E-state index in [0.29, 0.717) is 0 Å². The molecule has 0 aliphatic rings. The Kier molecular flexibility index (Phi) is 215. The fraction of sp³-hybridized carbons (Fsp3) is 0. The second-order valence-corrected chi connectivity index (χ2v) is 0. The van der Waals surface area contributed by atoms with Gasteiger partial charge in [-0.3, -0.25) is 0 Å². The van der Waals surface area contributed by atoms with E-state index in [2.05, 4.69) is 0 Å². The predicted octanol–water partition coefficient (Wildman–Crippen LogP) is -4.68. The van der Waals surface area contributed by atoms with E-state index in [1.165, 1.54) is 0 Å². The summed E-state index contributed by atoms with van der Waals surface area (Å²) >= 11 is 0. The summed E-state index contributed by atoms with van der Waals surface area (Å²) in [6.07, 6.45) is 0. The summed E-state index contributed by atoms with van der Waals surface area (Å²) in [7, 11) is 0. The molecule has 0 bridgehead atoms. The van der Waals surface area contributed by atoms with Crippen LogP contribution in [0.15, 0.2) is 0 Å². The van der Waals surface area contributed by atoms with E-state index >= 15 is 0 Å². The van der Waals surface area contributed by atoms with Crippen LogP contribution in [0.4, 0.5) is 0 Å². The van der Waals surface area contributed by atoms with Gasteiger partial charge in [-0.15, -0.1) is 0 Å². The molecule has 0 saturated heterocycles. The predicted molar refractivity (Wildman–Crippen MR) is 50.9 cm³/mol. The van der Waals surface area contributed by atoms with Crippen molar-refractivity contribution in [3.63, 3.8) is 0 Å². The molecule has 0 aromatic rings. The van der Waals surface area contributed by atoms with Gasteiger partial charge in [-0.25, -0.2) is 0 Å². The zero-order valence-corrected chi connectivity index (χ0v) is 10.5. The van der Waals surface area contributed by atoms with Crippen LogP contribution in [0.5, 0.6) is 0 Å². The van der Waals surface area contributed by atoms with Crippen LogP contribution >= 0.6 is 9.90 Å². The topological polar surface area (TPSA) is 0 Å². The molecule has 2 unspecified atom stereocenters. The van der Waals surface area contributed by atoms with Gasteiger partial charge in [0.15, 0.2) is 0 Å². The summed E-state index contributed by atoms with van der Waals surface area (Å²) in [6, 6.07) is 0. The van der Waals surface area contributed by atoms with Crippen molar-refractivity contribution in [1.82, 2.24) is 0 Å². The Bertz CT molecular complexity index is 11.6. The van der Waals surface area contributed by atoms with E-state index in [0.717, 1.165) is 0 Å². The van der Waals surface area contributed by atoms with Gasteiger partial charge in [-0.1, -0.05) is 0 Å². The van der Waals surface area contributed by atoms with Crippen molar-refractivity contribution in [2.45, 2.75) is 0 Å². The Labute approximate surface area is 96.2 Å². The first-order chi connectivity index (χ1) is 0. The number of rotatable bonds is 0. The van der Waals surface area contributed by atoms with E-state index in [1.54, 1.807) is 0 Å². The fourth-order valence-electron chi connectivity index (χ4n) is 0. The maximum absolute atomic E-state index is 0. The van der Waals surface area contributed by atoms with Crippen LogP contribution in [0.2, 0.25) is 0 Å². The van der Waals surface area contributed by atoms with Crippen molar-refractivity contribution in [2.24, 2.45) is 0 Å². The van der Waals surface area contributed by atoms with Crippen molar-refractivity contribution >= 4 is 97.9 Å². The van der Waals surface area contributed by atoms with Gasteiger partial charge in [-0.05, 0) is 0 Å². The summed E-state index contributed by atoms with van der Waals surface area (Å²) in [4.78, 5) is 0. The van der Waals surface area contributed by atoms with Crippen LogP contribution in [0.25, 0.3) is 0 Å². The molecule has 0 nitrogen and oxygen atoms in total. The molecule has 0 N–H and O–H groups in total. The Morgan fingerprint density at radius 2 is 1.00 bits per heavy atom. The van der Waals surface area contributed by atoms with Crippen molar-refractivity contribution in [2.75, 3.05) is 0 Å².